The van der Waals surface area contributed by atoms with E-state index in [4.69, 9.17) is 0 Å². The Kier molecular flexibility index (Phi) is 4.32. The number of hydrogen-bond donors (Lipinski definition) is 0. The summed E-state index contributed by atoms with van der Waals surface area (Å²) in [4.78, 5) is 2.69. The van der Waals surface area contributed by atoms with Gasteiger partial charge in [0.05, 0.1) is 0 Å². The fourth-order valence-corrected chi connectivity index (χ4v) is 3.27. The Morgan fingerprint density at radius 3 is 2.36 bits per heavy atom. The van der Waals surface area contributed by atoms with E-state index in [1.807, 2.05) is 0 Å². The third kappa shape index (κ3) is 3.16. The summed E-state index contributed by atoms with van der Waals surface area (Å²) in [6, 6.07) is 1.45. The van der Waals surface area contributed by atoms with Crippen LogP contribution in [0.4, 0.5) is 0 Å². The lowest BCUT2D eigenvalue weighted by molar-refractivity contribution is 0.0769. The summed E-state index contributed by atoms with van der Waals surface area (Å²) < 4.78 is 0. The lowest BCUT2D eigenvalue weighted by Gasteiger charge is -2.41. The molecule has 0 radical (unpaired) electrons. The maximum absolute atomic E-state index is 2.69. The third-order valence-corrected chi connectivity index (χ3v) is 4.09. The van der Waals surface area contributed by atoms with Gasteiger partial charge in [0.25, 0.3) is 0 Å². The average molecular weight is 215 g/mol. The Labute approximate surface area is 93.6 Å². The van der Waals surface area contributed by atoms with Crippen molar-refractivity contribution in [1.29, 1.82) is 0 Å². The van der Waals surface area contributed by atoms with Gasteiger partial charge >= 0.3 is 0 Å². The molecule has 0 unspecified atom stereocenters. The summed E-state index contributed by atoms with van der Waals surface area (Å²) in [5.74, 6) is 2.65. The van der Waals surface area contributed by atoms with Gasteiger partial charge in [-0.1, -0.05) is 20.8 Å². The van der Waals surface area contributed by atoms with Gasteiger partial charge in [-0.05, 0) is 31.4 Å². The Hall–Kier alpha value is 0.310. The van der Waals surface area contributed by atoms with Crippen LogP contribution in [-0.2, 0) is 0 Å². The van der Waals surface area contributed by atoms with Gasteiger partial charge < -0.3 is 0 Å². The molecule has 0 amide bonds. The lowest BCUT2D eigenvalue weighted by Crippen LogP contribution is -2.47. The summed E-state index contributed by atoms with van der Waals surface area (Å²) in [5.41, 5.74) is 0.426. The van der Waals surface area contributed by atoms with E-state index in [0.717, 1.165) is 6.04 Å². The van der Waals surface area contributed by atoms with Gasteiger partial charge in [-0.15, -0.1) is 0 Å². The fourth-order valence-electron chi connectivity index (χ4n) is 2.34. The van der Waals surface area contributed by atoms with Crippen LogP contribution in [0.3, 0.4) is 0 Å². The van der Waals surface area contributed by atoms with Gasteiger partial charge in [0.2, 0.25) is 0 Å². The Morgan fingerprint density at radius 2 is 1.86 bits per heavy atom. The average Bonchev–Trinajstić information content (AvgIpc) is 2.26. The minimum Gasteiger partial charge on any atom is -0.297 e. The molecule has 0 aromatic heterocycles. The van der Waals surface area contributed by atoms with E-state index in [-0.39, 0.29) is 0 Å². The molecule has 1 atom stereocenters. The number of hydrogen-bond acceptors (Lipinski definition) is 2. The number of thioether (sulfide) groups is 1. The molecule has 1 rings (SSSR count). The van der Waals surface area contributed by atoms with Gasteiger partial charge in [0, 0.05) is 24.4 Å². The van der Waals surface area contributed by atoms with Crippen LogP contribution in [0.2, 0.25) is 0 Å². The largest absolute Gasteiger partial charge is 0.297 e. The normalized spacial score (nSPS) is 26.6. The zero-order chi connectivity index (χ0) is 10.8. The predicted octanol–water partition coefficient (Wildman–Crippen LogP) is 3.25. The zero-order valence-electron chi connectivity index (χ0n) is 10.3. The van der Waals surface area contributed by atoms with Crippen molar-refractivity contribution < 1.29 is 0 Å². The molecule has 1 nitrogen and oxygen atoms in total. The molecule has 1 saturated heterocycles. The molecule has 0 spiro atoms. The predicted molar refractivity (Wildman–Crippen MR) is 67.0 cm³/mol. The van der Waals surface area contributed by atoms with E-state index >= 15 is 0 Å². The van der Waals surface area contributed by atoms with E-state index < -0.39 is 0 Å². The van der Waals surface area contributed by atoms with Gasteiger partial charge in [0.1, 0.15) is 0 Å². The second-order valence-electron chi connectivity index (χ2n) is 5.61. The Bertz CT molecular complexity index is 172. The van der Waals surface area contributed by atoms with Gasteiger partial charge in [-0.3, -0.25) is 4.90 Å². The van der Waals surface area contributed by atoms with Crippen molar-refractivity contribution in [3.8, 4) is 0 Å². The molecule has 0 bridgehead atoms. The Balaban J connectivity index is 2.74. The Morgan fingerprint density at radius 1 is 1.21 bits per heavy atom. The first-order valence-corrected chi connectivity index (χ1v) is 6.92. The van der Waals surface area contributed by atoms with Crippen molar-refractivity contribution >= 4 is 11.8 Å². The quantitative estimate of drug-likeness (QED) is 0.660. The summed E-state index contributed by atoms with van der Waals surface area (Å²) in [5, 5.41) is 0. The van der Waals surface area contributed by atoms with E-state index in [0.29, 0.717) is 11.5 Å². The van der Waals surface area contributed by atoms with Crippen LogP contribution < -0.4 is 0 Å². The maximum atomic E-state index is 2.69. The summed E-state index contributed by atoms with van der Waals surface area (Å²) >= 11 is 2.12. The van der Waals surface area contributed by atoms with Crippen LogP contribution in [0, 0.1) is 5.41 Å². The van der Waals surface area contributed by atoms with Crippen molar-refractivity contribution in [2.75, 3.05) is 18.1 Å². The van der Waals surface area contributed by atoms with E-state index in [9.17, 15) is 0 Å². The van der Waals surface area contributed by atoms with Crippen LogP contribution in [0.25, 0.3) is 0 Å². The molecule has 2 heteroatoms. The van der Waals surface area contributed by atoms with Gasteiger partial charge in [0.15, 0.2) is 0 Å². The highest BCUT2D eigenvalue weighted by Gasteiger charge is 2.32. The second kappa shape index (κ2) is 4.89. The molecular formula is C12H25NS. The highest BCUT2D eigenvalue weighted by Crippen LogP contribution is 2.31. The smallest absolute Gasteiger partial charge is 0.0155 e. The molecule has 0 saturated carbocycles. The molecule has 0 aromatic rings. The van der Waals surface area contributed by atoms with E-state index in [2.05, 4.69) is 51.3 Å². The van der Waals surface area contributed by atoms with Crippen LogP contribution >= 0.6 is 11.8 Å². The van der Waals surface area contributed by atoms with Crippen LogP contribution in [-0.4, -0.2) is 35.0 Å². The summed E-state index contributed by atoms with van der Waals surface area (Å²) in [6.07, 6.45) is 1.35. The minimum absolute atomic E-state index is 0.426. The highest BCUT2D eigenvalue weighted by molar-refractivity contribution is 7.99. The first kappa shape index (κ1) is 12.4. The lowest BCUT2D eigenvalue weighted by atomic mass is 9.83. The van der Waals surface area contributed by atoms with Gasteiger partial charge in [-0.25, -0.2) is 0 Å². The van der Waals surface area contributed by atoms with Gasteiger partial charge in [-0.2, -0.15) is 11.8 Å². The van der Waals surface area contributed by atoms with Crippen molar-refractivity contribution in [2.45, 2.75) is 53.1 Å². The van der Waals surface area contributed by atoms with Crippen LogP contribution in [0.15, 0.2) is 0 Å². The fraction of sp³-hybridized carbons (Fsp3) is 1.00. The van der Waals surface area contributed by atoms with Crippen molar-refractivity contribution in [3.63, 3.8) is 0 Å². The first-order chi connectivity index (χ1) is 6.43. The molecule has 14 heavy (non-hydrogen) atoms. The summed E-state index contributed by atoms with van der Waals surface area (Å²) in [7, 11) is 0. The van der Waals surface area contributed by atoms with Crippen molar-refractivity contribution in [3.05, 3.63) is 0 Å². The molecule has 84 valence electrons. The van der Waals surface area contributed by atoms with E-state index in [1.54, 1.807) is 0 Å². The molecule has 0 aliphatic carbocycles. The minimum atomic E-state index is 0.426. The zero-order valence-corrected chi connectivity index (χ0v) is 11.2. The third-order valence-electron chi connectivity index (χ3n) is 3.09. The molecule has 1 heterocycles. The van der Waals surface area contributed by atoms with Crippen LogP contribution in [0.1, 0.15) is 41.0 Å². The molecule has 1 aliphatic heterocycles. The monoisotopic (exact) mass is 215 g/mol. The molecule has 0 N–H and O–H groups in total. The van der Waals surface area contributed by atoms with Crippen molar-refractivity contribution in [2.24, 2.45) is 5.41 Å². The molecule has 1 fully saturated rings. The molecule has 1 aliphatic rings. The second-order valence-corrected chi connectivity index (χ2v) is 6.84. The standard InChI is InChI=1S/C12H25NS/c1-10(2)13-7-9-14-8-6-11(13)12(3,4)5/h10-11H,6-9H2,1-5H3/t11-/m1/s1. The highest BCUT2D eigenvalue weighted by atomic mass is 32.2. The maximum Gasteiger partial charge on any atom is 0.0155 e. The molecular weight excluding hydrogens is 190 g/mol. The number of rotatable bonds is 1. The summed E-state index contributed by atoms with van der Waals surface area (Å²) in [6.45, 7) is 13.1. The topological polar surface area (TPSA) is 3.24 Å². The van der Waals surface area contributed by atoms with Crippen LogP contribution in [0.5, 0.6) is 0 Å². The molecule has 0 aromatic carbocycles. The first-order valence-electron chi connectivity index (χ1n) is 5.76. The number of nitrogens with zero attached hydrogens (tertiary/aromatic N) is 1. The SMILES string of the molecule is CC(C)N1CCSCC[C@@H]1C(C)(C)C. The van der Waals surface area contributed by atoms with E-state index in [1.165, 1.54) is 24.5 Å². The van der Waals surface area contributed by atoms with Crippen molar-refractivity contribution in [1.82, 2.24) is 4.90 Å².